The number of nitrogens with one attached hydrogen (secondary N) is 1. The molecule has 0 radical (unpaired) electrons. The second-order valence-electron chi connectivity index (χ2n) is 5.61. The summed E-state index contributed by atoms with van der Waals surface area (Å²) in [7, 11) is 0. The summed E-state index contributed by atoms with van der Waals surface area (Å²) < 4.78 is 13.6. The zero-order chi connectivity index (χ0) is 18.2. The van der Waals surface area contributed by atoms with Gasteiger partial charge in [-0.3, -0.25) is 9.59 Å². The SMILES string of the molecule is CC(=O)N(CCNC(=O)c1cccc(Cl)c1)CCc1ccccc1F. The molecule has 2 amide bonds. The van der Waals surface area contributed by atoms with Crippen LogP contribution in [-0.4, -0.2) is 36.3 Å². The third-order valence-corrected chi connectivity index (χ3v) is 4.04. The highest BCUT2D eigenvalue weighted by Crippen LogP contribution is 2.10. The highest BCUT2D eigenvalue weighted by molar-refractivity contribution is 6.30. The molecule has 132 valence electrons. The topological polar surface area (TPSA) is 49.4 Å². The molecule has 2 rings (SSSR count). The summed E-state index contributed by atoms with van der Waals surface area (Å²) in [5, 5.41) is 3.24. The van der Waals surface area contributed by atoms with E-state index in [9.17, 15) is 14.0 Å². The van der Waals surface area contributed by atoms with Crippen molar-refractivity contribution in [3.63, 3.8) is 0 Å². The number of nitrogens with zero attached hydrogens (tertiary/aromatic N) is 1. The molecule has 1 N–H and O–H groups in total. The summed E-state index contributed by atoms with van der Waals surface area (Å²) in [5.74, 6) is -0.645. The highest BCUT2D eigenvalue weighted by Gasteiger charge is 2.11. The van der Waals surface area contributed by atoms with Crippen molar-refractivity contribution in [1.82, 2.24) is 10.2 Å². The molecule has 0 atom stereocenters. The predicted octanol–water partition coefficient (Wildman–Crippen LogP) is 3.30. The zero-order valence-electron chi connectivity index (χ0n) is 14.0. The van der Waals surface area contributed by atoms with Crippen LogP contribution in [0, 0.1) is 5.82 Å². The summed E-state index contributed by atoms with van der Waals surface area (Å²) in [5.41, 5.74) is 1.03. The van der Waals surface area contributed by atoms with Crippen LogP contribution in [0.5, 0.6) is 0 Å². The average Bonchev–Trinajstić information content (AvgIpc) is 2.58. The maximum atomic E-state index is 13.6. The van der Waals surface area contributed by atoms with E-state index in [0.717, 1.165) is 0 Å². The smallest absolute Gasteiger partial charge is 0.251 e. The van der Waals surface area contributed by atoms with E-state index in [4.69, 9.17) is 11.6 Å². The van der Waals surface area contributed by atoms with Gasteiger partial charge >= 0.3 is 0 Å². The molecule has 0 aliphatic heterocycles. The Morgan fingerprint density at radius 3 is 2.56 bits per heavy atom. The minimum Gasteiger partial charge on any atom is -0.350 e. The molecule has 6 heteroatoms. The van der Waals surface area contributed by atoms with E-state index >= 15 is 0 Å². The summed E-state index contributed by atoms with van der Waals surface area (Å²) in [6, 6.07) is 13.1. The van der Waals surface area contributed by atoms with Crippen molar-refractivity contribution >= 4 is 23.4 Å². The van der Waals surface area contributed by atoms with Crippen LogP contribution in [0.15, 0.2) is 48.5 Å². The average molecular weight is 363 g/mol. The highest BCUT2D eigenvalue weighted by atomic mass is 35.5. The minimum absolute atomic E-state index is 0.117. The Morgan fingerprint density at radius 1 is 1.12 bits per heavy atom. The Labute approximate surface area is 151 Å². The van der Waals surface area contributed by atoms with Crippen LogP contribution in [-0.2, 0) is 11.2 Å². The number of carbonyl (C=O) groups is 2. The van der Waals surface area contributed by atoms with E-state index in [0.29, 0.717) is 42.2 Å². The quantitative estimate of drug-likeness (QED) is 0.821. The molecule has 2 aromatic carbocycles. The Morgan fingerprint density at radius 2 is 1.88 bits per heavy atom. The van der Waals surface area contributed by atoms with Crippen molar-refractivity contribution in [2.24, 2.45) is 0 Å². The molecule has 0 heterocycles. The van der Waals surface area contributed by atoms with E-state index in [1.165, 1.54) is 13.0 Å². The van der Waals surface area contributed by atoms with Gasteiger partial charge in [0, 0.05) is 37.1 Å². The predicted molar refractivity (Wildman–Crippen MR) is 96.1 cm³/mol. The molecule has 0 aliphatic carbocycles. The molecule has 0 unspecified atom stereocenters. The molecule has 2 aromatic rings. The lowest BCUT2D eigenvalue weighted by molar-refractivity contribution is -0.128. The van der Waals surface area contributed by atoms with Gasteiger partial charge in [0.1, 0.15) is 5.82 Å². The van der Waals surface area contributed by atoms with Crippen LogP contribution in [0.25, 0.3) is 0 Å². The normalized spacial score (nSPS) is 10.4. The number of hydrogen-bond acceptors (Lipinski definition) is 2. The third kappa shape index (κ3) is 5.87. The van der Waals surface area contributed by atoms with Crippen molar-refractivity contribution in [2.45, 2.75) is 13.3 Å². The number of halogens is 2. The van der Waals surface area contributed by atoms with Crippen LogP contribution in [0.2, 0.25) is 5.02 Å². The lowest BCUT2D eigenvalue weighted by atomic mass is 10.1. The molecule has 0 fully saturated rings. The summed E-state index contributed by atoms with van der Waals surface area (Å²) in [6.45, 7) is 2.52. The van der Waals surface area contributed by atoms with Crippen molar-refractivity contribution in [1.29, 1.82) is 0 Å². The summed E-state index contributed by atoms with van der Waals surface area (Å²) in [6.07, 6.45) is 0.425. The van der Waals surface area contributed by atoms with Gasteiger partial charge in [0.05, 0.1) is 0 Å². The monoisotopic (exact) mass is 362 g/mol. The fourth-order valence-corrected chi connectivity index (χ4v) is 2.61. The van der Waals surface area contributed by atoms with Crippen LogP contribution in [0.4, 0.5) is 4.39 Å². The van der Waals surface area contributed by atoms with Crippen molar-refractivity contribution in [3.8, 4) is 0 Å². The molecule has 0 saturated heterocycles. The van der Waals surface area contributed by atoms with E-state index in [-0.39, 0.29) is 17.6 Å². The van der Waals surface area contributed by atoms with Crippen LogP contribution < -0.4 is 5.32 Å². The maximum Gasteiger partial charge on any atom is 0.251 e. The Bertz CT molecular complexity index is 752. The van der Waals surface area contributed by atoms with Gasteiger partial charge in [0.25, 0.3) is 5.91 Å². The largest absolute Gasteiger partial charge is 0.350 e. The van der Waals surface area contributed by atoms with Gasteiger partial charge in [0.15, 0.2) is 0 Å². The Balaban J connectivity index is 1.84. The molecule has 0 saturated carbocycles. The standard InChI is InChI=1S/C19H20ClFN2O2/c1-14(24)23(11-9-15-5-2-3-8-18(15)21)12-10-22-19(25)16-6-4-7-17(20)13-16/h2-8,13H,9-12H2,1H3,(H,22,25). The fraction of sp³-hybridized carbons (Fsp3) is 0.263. The lowest BCUT2D eigenvalue weighted by Crippen LogP contribution is -2.38. The van der Waals surface area contributed by atoms with Crippen LogP contribution in [0.3, 0.4) is 0 Å². The number of benzene rings is 2. The van der Waals surface area contributed by atoms with Crippen LogP contribution >= 0.6 is 11.6 Å². The first-order valence-electron chi connectivity index (χ1n) is 8.00. The number of amides is 2. The summed E-state index contributed by atoms with van der Waals surface area (Å²) in [4.78, 5) is 25.4. The third-order valence-electron chi connectivity index (χ3n) is 3.81. The second kappa shape index (κ2) is 9.18. The zero-order valence-corrected chi connectivity index (χ0v) is 14.7. The molecule has 0 bridgehead atoms. The Hall–Kier alpha value is -2.40. The van der Waals surface area contributed by atoms with Crippen molar-refractivity contribution < 1.29 is 14.0 Å². The molecular weight excluding hydrogens is 343 g/mol. The van der Waals surface area contributed by atoms with Gasteiger partial charge in [-0.2, -0.15) is 0 Å². The van der Waals surface area contributed by atoms with Gasteiger partial charge in [-0.25, -0.2) is 4.39 Å². The Kier molecular flexibility index (Phi) is 6.95. The van der Waals surface area contributed by atoms with Gasteiger partial charge < -0.3 is 10.2 Å². The molecule has 25 heavy (non-hydrogen) atoms. The number of carbonyl (C=O) groups excluding carboxylic acids is 2. The van der Waals surface area contributed by atoms with Crippen molar-refractivity contribution in [3.05, 3.63) is 70.5 Å². The van der Waals surface area contributed by atoms with Gasteiger partial charge in [-0.15, -0.1) is 0 Å². The maximum absolute atomic E-state index is 13.6. The fourth-order valence-electron chi connectivity index (χ4n) is 2.42. The molecule has 4 nitrogen and oxygen atoms in total. The molecule has 0 aliphatic rings. The first-order valence-corrected chi connectivity index (χ1v) is 8.38. The molecule has 0 spiro atoms. The number of rotatable bonds is 7. The van der Waals surface area contributed by atoms with Crippen molar-refractivity contribution in [2.75, 3.05) is 19.6 Å². The van der Waals surface area contributed by atoms with Gasteiger partial charge in [-0.05, 0) is 36.2 Å². The van der Waals surface area contributed by atoms with E-state index in [1.807, 2.05) is 0 Å². The van der Waals surface area contributed by atoms with Gasteiger partial charge in [-0.1, -0.05) is 35.9 Å². The molecule has 0 aromatic heterocycles. The minimum atomic E-state index is -0.278. The summed E-state index contributed by atoms with van der Waals surface area (Å²) >= 11 is 5.86. The molecular formula is C19H20ClFN2O2. The lowest BCUT2D eigenvalue weighted by Gasteiger charge is -2.21. The first kappa shape index (κ1) is 18.9. The second-order valence-corrected chi connectivity index (χ2v) is 6.05. The van der Waals surface area contributed by atoms with E-state index < -0.39 is 0 Å². The van der Waals surface area contributed by atoms with E-state index in [1.54, 1.807) is 47.4 Å². The van der Waals surface area contributed by atoms with Gasteiger partial charge in [0.2, 0.25) is 5.91 Å². The van der Waals surface area contributed by atoms with E-state index in [2.05, 4.69) is 5.32 Å². The first-order chi connectivity index (χ1) is 12.0. The van der Waals surface area contributed by atoms with Crippen LogP contribution in [0.1, 0.15) is 22.8 Å². The number of hydrogen-bond donors (Lipinski definition) is 1.